The summed E-state index contributed by atoms with van der Waals surface area (Å²) in [6.07, 6.45) is 7.36. The topological polar surface area (TPSA) is 119 Å². The van der Waals surface area contributed by atoms with Crippen molar-refractivity contribution >= 4 is 16.6 Å². The maximum atomic E-state index is 11.9. The quantitative estimate of drug-likeness (QED) is 0.274. The van der Waals surface area contributed by atoms with Crippen LogP contribution in [0.5, 0.6) is 0 Å². The second-order valence-corrected chi connectivity index (χ2v) is 8.13. The molecule has 2 aromatic heterocycles. The Labute approximate surface area is 169 Å². The van der Waals surface area contributed by atoms with E-state index < -0.39 is 22.0 Å². The minimum absolute atomic E-state index is 0.201. The summed E-state index contributed by atoms with van der Waals surface area (Å²) in [6, 6.07) is 10.1. The predicted molar refractivity (Wildman–Crippen MR) is 107 cm³/mol. The number of thiol groups is 1. The normalized spacial score (nSPS) is 13.3. The Morgan fingerprint density at radius 2 is 2.00 bits per heavy atom. The third-order valence-electron chi connectivity index (χ3n) is 4.79. The van der Waals surface area contributed by atoms with Gasteiger partial charge in [-0.15, -0.1) is 0 Å². The monoisotopic (exact) mass is 417 g/mol. The Balaban J connectivity index is 1.67. The summed E-state index contributed by atoms with van der Waals surface area (Å²) in [6.45, 7) is 2.53. The van der Waals surface area contributed by atoms with Gasteiger partial charge in [0.05, 0.1) is 29.4 Å². The lowest BCUT2D eigenvalue weighted by Gasteiger charge is -2.24. The van der Waals surface area contributed by atoms with Crippen molar-refractivity contribution in [2.45, 2.75) is 26.4 Å². The number of aryl methyl sites for hydroxylation is 1. The lowest BCUT2D eigenvalue weighted by atomic mass is 9.88. The molecule has 2 N–H and O–H groups in total. The number of hydrogen-bond acceptors (Lipinski definition) is 6. The largest absolute Gasteiger partial charge is 0.332 e. The number of aromatic nitrogens is 4. The fourth-order valence-electron chi connectivity index (χ4n) is 3.05. The van der Waals surface area contributed by atoms with E-state index in [4.69, 9.17) is 5.21 Å². The van der Waals surface area contributed by atoms with Crippen molar-refractivity contribution in [3.05, 3.63) is 60.8 Å². The van der Waals surface area contributed by atoms with Gasteiger partial charge in [-0.1, -0.05) is 30.3 Å². The lowest BCUT2D eigenvalue weighted by molar-refractivity contribution is -0.138. The van der Waals surface area contributed by atoms with Crippen LogP contribution in [0.3, 0.4) is 0 Å². The molecule has 0 radical (unpaired) electrons. The van der Waals surface area contributed by atoms with Gasteiger partial charge >= 0.3 is 0 Å². The Hall–Kier alpha value is -2.98. The molecule has 1 atom stereocenters. The number of rotatable bonds is 9. The van der Waals surface area contributed by atoms with Crippen molar-refractivity contribution in [2.75, 3.05) is 5.75 Å². The molecule has 1 unspecified atom stereocenters. The van der Waals surface area contributed by atoms with Crippen LogP contribution in [0.15, 0.2) is 55.2 Å². The van der Waals surface area contributed by atoms with Gasteiger partial charge in [-0.25, -0.2) is 18.9 Å². The number of benzene rings is 1. The van der Waals surface area contributed by atoms with E-state index in [9.17, 15) is 13.2 Å². The summed E-state index contributed by atoms with van der Waals surface area (Å²) in [7, 11) is -2.77. The standard InChI is InChI=1S/C19H23N5O4S/c1-19(13-29(27)28,18(25)22-26)7-8-24-11-16(9-21-24)17-12-23(14-20-17)10-15-5-3-2-4-6-15/h2-6,9,11-12,14,26,29H,7-8,10,13H2,1H3,(H,22,25). The Kier molecular flexibility index (Phi) is 6.45. The van der Waals surface area contributed by atoms with Crippen LogP contribution in [-0.4, -0.2) is 44.6 Å². The summed E-state index contributed by atoms with van der Waals surface area (Å²) in [5.74, 6) is -1.09. The molecule has 3 rings (SSSR count). The fraction of sp³-hybridized carbons (Fsp3) is 0.316. The van der Waals surface area contributed by atoms with Crippen LogP contribution in [0.25, 0.3) is 11.3 Å². The first-order valence-corrected chi connectivity index (χ1v) is 10.4. The van der Waals surface area contributed by atoms with E-state index in [-0.39, 0.29) is 12.2 Å². The van der Waals surface area contributed by atoms with Crippen molar-refractivity contribution in [3.8, 4) is 11.3 Å². The van der Waals surface area contributed by atoms with E-state index in [2.05, 4.69) is 10.1 Å². The maximum absolute atomic E-state index is 11.9. The van der Waals surface area contributed by atoms with Crippen LogP contribution in [0.1, 0.15) is 18.9 Å². The molecule has 10 heteroatoms. The van der Waals surface area contributed by atoms with E-state index in [0.29, 0.717) is 13.1 Å². The van der Waals surface area contributed by atoms with Crippen molar-refractivity contribution in [1.82, 2.24) is 24.8 Å². The van der Waals surface area contributed by atoms with Gasteiger partial charge in [0.15, 0.2) is 0 Å². The Morgan fingerprint density at radius 3 is 2.69 bits per heavy atom. The highest BCUT2D eigenvalue weighted by molar-refractivity contribution is 7.72. The van der Waals surface area contributed by atoms with Gasteiger partial charge in [-0.05, 0) is 18.9 Å². The number of imidazole rings is 1. The number of amides is 1. The molecular weight excluding hydrogens is 394 g/mol. The summed E-state index contributed by atoms with van der Waals surface area (Å²) in [4.78, 5) is 16.3. The Morgan fingerprint density at radius 1 is 1.24 bits per heavy atom. The van der Waals surface area contributed by atoms with Crippen molar-refractivity contribution in [3.63, 3.8) is 0 Å². The molecule has 9 nitrogen and oxygen atoms in total. The third-order valence-corrected chi connectivity index (χ3v) is 5.75. The molecule has 0 saturated carbocycles. The van der Waals surface area contributed by atoms with Gasteiger partial charge in [-0.3, -0.25) is 14.7 Å². The van der Waals surface area contributed by atoms with Gasteiger partial charge in [0, 0.05) is 31.0 Å². The van der Waals surface area contributed by atoms with Crippen LogP contribution >= 0.6 is 0 Å². The maximum Gasteiger partial charge on any atom is 0.250 e. The molecule has 29 heavy (non-hydrogen) atoms. The minimum Gasteiger partial charge on any atom is -0.332 e. The molecular formula is C19H23N5O4S. The molecule has 154 valence electrons. The molecule has 0 saturated heterocycles. The molecule has 1 amide bonds. The number of hydroxylamine groups is 1. The van der Waals surface area contributed by atoms with E-state index in [0.717, 1.165) is 11.3 Å². The van der Waals surface area contributed by atoms with Crippen LogP contribution in [-0.2, 0) is 28.6 Å². The Bertz CT molecular complexity index is 1040. The number of nitrogens with zero attached hydrogens (tertiary/aromatic N) is 4. The second kappa shape index (κ2) is 9.01. The number of nitrogens with one attached hydrogen (secondary N) is 1. The molecule has 2 heterocycles. The third kappa shape index (κ3) is 5.30. The van der Waals surface area contributed by atoms with E-state index in [1.54, 1.807) is 28.9 Å². The van der Waals surface area contributed by atoms with Crippen LogP contribution in [0, 0.1) is 5.41 Å². The zero-order chi connectivity index (χ0) is 20.9. The average Bonchev–Trinajstić information content (AvgIpc) is 3.35. The molecule has 0 aliphatic rings. The van der Waals surface area contributed by atoms with E-state index in [1.807, 2.05) is 41.1 Å². The highest BCUT2D eigenvalue weighted by Gasteiger charge is 2.34. The summed E-state index contributed by atoms with van der Waals surface area (Å²) in [5, 5.41) is 13.2. The number of hydrogen-bond donors (Lipinski definition) is 3. The van der Waals surface area contributed by atoms with Gasteiger partial charge in [0.25, 0.3) is 0 Å². The molecule has 1 aromatic carbocycles. The van der Waals surface area contributed by atoms with Crippen molar-refractivity contribution in [1.29, 1.82) is 0 Å². The SMILES string of the molecule is CC(CCn1cc(-c2cn(Cc3ccccc3)cn2)cn1)(C[SH](=O)=O)C(=O)NO. The van der Waals surface area contributed by atoms with Gasteiger partial charge < -0.3 is 4.57 Å². The summed E-state index contributed by atoms with van der Waals surface area (Å²) in [5.41, 5.74) is 3.07. The second-order valence-electron chi connectivity index (χ2n) is 7.15. The zero-order valence-electron chi connectivity index (χ0n) is 15.9. The van der Waals surface area contributed by atoms with E-state index in [1.165, 1.54) is 12.5 Å². The smallest absolute Gasteiger partial charge is 0.250 e. The molecule has 3 aromatic rings. The van der Waals surface area contributed by atoms with Crippen LogP contribution in [0.2, 0.25) is 0 Å². The van der Waals surface area contributed by atoms with Gasteiger partial charge in [-0.2, -0.15) is 5.10 Å². The first-order chi connectivity index (χ1) is 13.9. The first-order valence-electron chi connectivity index (χ1n) is 9.04. The molecule has 0 aliphatic carbocycles. The minimum atomic E-state index is -2.77. The molecule has 0 aliphatic heterocycles. The van der Waals surface area contributed by atoms with E-state index >= 15 is 0 Å². The van der Waals surface area contributed by atoms with Gasteiger partial charge in [0.1, 0.15) is 10.7 Å². The zero-order valence-corrected chi connectivity index (χ0v) is 16.8. The molecule has 0 spiro atoms. The highest BCUT2D eigenvalue weighted by atomic mass is 32.2. The average molecular weight is 417 g/mol. The van der Waals surface area contributed by atoms with Gasteiger partial charge in [0.2, 0.25) is 5.91 Å². The summed E-state index contributed by atoms with van der Waals surface area (Å²) >= 11 is 0. The number of carbonyl (C=O) groups excluding carboxylic acids is 1. The lowest BCUT2D eigenvalue weighted by Crippen LogP contribution is -2.41. The fourth-order valence-corrected chi connectivity index (χ4v) is 3.93. The molecule has 0 bridgehead atoms. The number of carbonyl (C=O) groups is 1. The first kappa shape index (κ1) is 20.7. The predicted octanol–water partition coefficient (Wildman–Crippen LogP) is 1.31. The van der Waals surface area contributed by atoms with Crippen LogP contribution < -0.4 is 5.48 Å². The highest BCUT2D eigenvalue weighted by Crippen LogP contribution is 2.24. The summed E-state index contributed by atoms with van der Waals surface area (Å²) < 4.78 is 25.8. The van der Waals surface area contributed by atoms with Crippen LogP contribution in [0.4, 0.5) is 0 Å². The molecule has 0 fully saturated rings. The van der Waals surface area contributed by atoms with Crippen molar-refractivity contribution in [2.24, 2.45) is 5.41 Å². The van der Waals surface area contributed by atoms with Crippen molar-refractivity contribution < 1.29 is 18.4 Å².